The van der Waals surface area contributed by atoms with Crippen LogP contribution in [0.4, 0.5) is 4.39 Å². The minimum absolute atomic E-state index is 0.0676. The third kappa shape index (κ3) is 2.01. The van der Waals surface area contributed by atoms with Crippen LogP contribution in [0.3, 0.4) is 0 Å². The van der Waals surface area contributed by atoms with E-state index in [0.717, 1.165) is 0 Å². The number of rotatable bonds is 2. The number of alkyl halides is 1. The minimum atomic E-state index is -1.98. The molecule has 4 aliphatic rings. The van der Waals surface area contributed by atoms with Crippen molar-refractivity contribution in [2.24, 2.45) is 28.6 Å². The Morgan fingerprint density at radius 1 is 1.32 bits per heavy atom. The highest BCUT2D eigenvalue weighted by atomic mass is 19.1. The van der Waals surface area contributed by atoms with E-state index in [1.807, 2.05) is 0 Å². The SMILES string of the molecule is C[C@@H]1CC2C3CCC4=CC(=O)C=C[C@]4(C)[C@@]3(F)[C@@H](O)C[C@]2(C)[C@@]1(O)C(=O)CO. The number of carbonyl (C=O) groups excluding carboxylic acids is 2. The summed E-state index contributed by atoms with van der Waals surface area (Å²) in [6.45, 7) is 4.48. The van der Waals surface area contributed by atoms with Gasteiger partial charge in [-0.1, -0.05) is 25.5 Å². The van der Waals surface area contributed by atoms with Crippen molar-refractivity contribution in [1.82, 2.24) is 0 Å². The summed E-state index contributed by atoms with van der Waals surface area (Å²) in [5, 5.41) is 32.0. The molecular formula is C22H29FO5. The third-order valence-electron chi connectivity index (χ3n) is 8.79. The lowest BCUT2D eigenvalue weighted by Crippen LogP contribution is -2.69. The molecule has 3 N–H and O–H groups in total. The van der Waals surface area contributed by atoms with Crippen LogP contribution in [0.5, 0.6) is 0 Å². The molecule has 0 spiro atoms. The summed E-state index contributed by atoms with van der Waals surface area (Å²) in [6, 6.07) is 0. The van der Waals surface area contributed by atoms with E-state index in [0.29, 0.717) is 24.8 Å². The summed E-state index contributed by atoms with van der Waals surface area (Å²) in [6.07, 6.45) is 4.44. The summed E-state index contributed by atoms with van der Waals surface area (Å²) in [5.41, 5.74) is -5.17. The molecule has 0 aliphatic heterocycles. The first-order chi connectivity index (χ1) is 13.0. The van der Waals surface area contributed by atoms with Crippen molar-refractivity contribution in [3.8, 4) is 0 Å². The van der Waals surface area contributed by atoms with Gasteiger partial charge in [-0.25, -0.2) is 4.39 Å². The highest BCUT2D eigenvalue weighted by Gasteiger charge is 2.75. The van der Waals surface area contributed by atoms with E-state index in [9.17, 15) is 24.9 Å². The molecule has 4 rings (SSSR count). The predicted octanol–water partition coefficient (Wildman–Crippen LogP) is 1.90. The Bertz CT molecular complexity index is 805. The number of aliphatic hydroxyl groups is 3. The average Bonchev–Trinajstić information content (AvgIpc) is 2.84. The molecule has 0 amide bonds. The van der Waals surface area contributed by atoms with Crippen LogP contribution in [0, 0.1) is 28.6 Å². The molecular weight excluding hydrogens is 363 g/mol. The van der Waals surface area contributed by atoms with Gasteiger partial charge < -0.3 is 15.3 Å². The Morgan fingerprint density at radius 2 is 2.00 bits per heavy atom. The summed E-state index contributed by atoms with van der Waals surface area (Å²) in [4.78, 5) is 24.4. The molecule has 0 saturated heterocycles. The summed E-state index contributed by atoms with van der Waals surface area (Å²) in [5.74, 6) is -2.12. The van der Waals surface area contributed by atoms with Crippen LogP contribution in [0.2, 0.25) is 0 Å². The number of aliphatic hydroxyl groups excluding tert-OH is 2. The summed E-state index contributed by atoms with van der Waals surface area (Å²) < 4.78 is 16.9. The average molecular weight is 392 g/mol. The van der Waals surface area contributed by atoms with Gasteiger partial charge in [0.1, 0.15) is 12.2 Å². The van der Waals surface area contributed by atoms with E-state index in [4.69, 9.17) is 0 Å². The van der Waals surface area contributed by atoms with E-state index in [2.05, 4.69) is 0 Å². The highest BCUT2D eigenvalue weighted by molar-refractivity contribution is 6.01. The minimum Gasteiger partial charge on any atom is -0.390 e. The van der Waals surface area contributed by atoms with E-state index >= 15 is 4.39 Å². The maximum atomic E-state index is 16.9. The Kier molecular flexibility index (Phi) is 4.15. The van der Waals surface area contributed by atoms with Crippen LogP contribution in [-0.4, -0.2) is 50.9 Å². The first-order valence-electron chi connectivity index (χ1n) is 10.1. The zero-order chi connectivity index (χ0) is 20.7. The monoisotopic (exact) mass is 392 g/mol. The largest absolute Gasteiger partial charge is 0.390 e. The van der Waals surface area contributed by atoms with Gasteiger partial charge in [-0.2, -0.15) is 0 Å². The van der Waals surface area contributed by atoms with Crippen LogP contribution >= 0.6 is 0 Å². The molecule has 0 heterocycles. The van der Waals surface area contributed by atoms with Gasteiger partial charge in [0.25, 0.3) is 0 Å². The van der Waals surface area contributed by atoms with Crippen LogP contribution < -0.4 is 0 Å². The second-order valence-corrected chi connectivity index (χ2v) is 9.75. The Balaban J connectivity index is 1.84. The molecule has 28 heavy (non-hydrogen) atoms. The Morgan fingerprint density at radius 3 is 2.64 bits per heavy atom. The molecule has 5 nitrogen and oxygen atoms in total. The molecule has 6 heteroatoms. The van der Waals surface area contributed by atoms with Crippen molar-refractivity contribution < 1.29 is 29.3 Å². The van der Waals surface area contributed by atoms with E-state index < -0.39 is 52.4 Å². The lowest BCUT2D eigenvalue weighted by Gasteiger charge is -2.62. The Hall–Kier alpha value is -1.37. The smallest absolute Gasteiger partial charge is 0.190 e. The summed E-state index contributed by atoms with van der Waals surface area (Å²) >= 11 is 0. The lowest BCUT2D eigenvalue weighted by molar-refractivity contribution is -0.219. The van der Waals surface area contributed by atoms with Gasteiger partial charge in [0.2, 0.25) is 0 Å². The van der Waals surface area contributed by atoms with Gasteiger partial charge in [-0.05, 0) is 56.6 Å². The van der Waals surface area contributed by atoms with Gasteiger partial charge in [0, 0.05) is 16.7 Å². The first-order valence-corrected chi connectivity index (χ1v) is 10.1. The van der Waals surface area contributed by atoms with E-state index in [1.165, 1.54) is 12.2 Å². The highest BCUT2D eigenvalue weighted by Crippen LogP contribution is 2.70. The number of fused-ring (bicyclic) bond motifs is 5. The van der Waals surface area contributed by atoms with Crippen LogP contribution in [0.25, 0.3) is 0 Å². The zero-order valence-electron chi connectivity index (χ0n) is 16.6. The standard InChI is InChI=1S/C22H29FO5/c1-12-8-16-15-5-4-13-9-14(25)6-7-19(13,2)21(15,23)17(26)10-20(16,3)22(12,28)18(27)11-24/h6-7,9,12,15-17,24,26,28H,4-5,8,10-11H2,1-3H3/t12-,15?,16?,17+,19+,20+,21+,22+/m1/s1. The molecule has 8 atom stereocenters. The van der Waals surface area contributed by atoms with Gasteiger partial charge >= 0.3 is 0 Å². The fourth-order valence-corrected chi connectivity index (χ4v) is 7.26. The van der Waals surface area contributed by atoms with Crippen LogP contribution in [0.15, 0.2) is 23.8 Å². The molecule has 0 radical (unpaired) electrons. The molecule has 154 valence electrons. The summed E-state index contributed by atoms with van der Waals surface area (Å²) in [7, 11) is 0. The lowest BCUT2D eigenvalue weighted by atomic mass is 9.44. The second-order valence-electron chi connectivity index (χ2n) is 9.75. The van der Waals surface area contributed by atoms with Gasteiger partial charge in [0.05, 0.1) is 6.10 Å². The quantitative estimate of drug-likeness (QED) is 0.667. The maximum Gasteiger partial charge on any atom is 0.190 e. The Labute approximate surface area is 164 Å². The number of Topliss-reactive ketones (excluding diaryl/α,β-unsaturated/α-hetero) is 1. The number of hydrogen-bond acceptors (Lipinski definition) is 5. The molecule has 2 unspecified atom stereocenters. The van der Waals surface area contributed by atoms with E-state index in [1.54, 1.807) is 26.8 Å². The molecule has 0 aromatic heterocycles. The van der Waals surface area contributed by atoms with Crippen molar-refractivity contribution in [1.29, 1.82) is 0 Å². The molecule has 4 aliphatic carbocycles. The number of hydrogen-bond donors (Lipinski definition) is 3. The fourth-order valence-electron chi connectivity index (χ4n) is 7.26. The normalized spacial score (nSPS) is 52.5. The van der Waals surface area contributed by atoms with Crippen molar-refractivity contribution in [2.75, 3.05) is 6.61 Å². The molecule has 0 aromatic carbocycles. The number of halogens is 1. The number of allylic oxidation sites excluding steroid dienone is 4. The molecule has 3 saturated carbocycles. The second kappa shape index (κ2) is 5.83. The molecule has 3 fully saturated rings. The topological polar surface area (TPSA) is 94.8 Å². The predicted molar refractivity (Wildman–Crippen MR) is 99.9 cm³/mol. The fraction of sp³-hybridized carbons (Fsp3) is 0.727. The number of carbonyl (C=O) groups is 2. The van der Waals surface area contributed by atoms with Crippen molar-refractivity contribution in [3.05, 3.63) is 23.8 Å². The van der Waals surface area contributed by atoms with Crippen molar-refractivity contribution in [3.63, 3.8) is 0 Å². The van der Waals surface area contributed by atoms with Crippen LogP contribution in [-0.2, 0) is 9.59 Å². The van der Waals surface area contributed by atoms with Gasteiger partial charge in [-0.15, -0.1) is 0 Å². The third-order valence-corrected chi connectivity index (χ3v) is 8.79. The van der Waals surface area contributed by atoms with Gasteiger partial charge in [-0.3, -0.25) is 9.59 Å². The molecule has 0 bridgehead atoms. The van der Waals surface area contributed by atoms with E-state index in [-0.39, 0.29) is 18.1 Å². The van der Waals surface area contributed by atoms with Gasteiger partial charge in [0.15, 0.2) is 17.2 Å². The first kappa shape index (κ1) is 19.9. The number of ketones is 2. The molecule has 0 aromatic rings. The van der Waals surface area contributed by atoms with Crippen molar-refractivity contribution >= 4 is 11.6 Å². The van der Waals surface area contributed by atoms with Crippen LogP contribution in [0.1, 0.15) is 46.5 Å². The maximum absolute atomic E-state index is 16.9. The zero-order valence-corrected chi connectivity index (χ0v) is 16.6. The van der Waals surface area contributed by atoms with Crippen molar-refractivity contribution in [2.45, 2.75) is 63.8 Å².